The zero-order valence-electron chi connectivity index (χ0n) is 16.2. The molecule has 4 rings (SSSR count). The fraction of sp³-hybridized carbons (Fsp3) is 0.217. The van der Waals surface area contributed by atoms with Crippen LogP contribution in [0, 0.1) is 5.82 Å². The number of carbonyl (C=O) groups is 1. The highest BCUT2D eigenvalue weighted by molar-refractivity contribution is 5.80. The Kier molecular flexibility index (Phi) is 5.16. The van der Waals surface area contributed by atoms with Crippen LogP contribution in [-0.4, -0.2) is 14.9 Å². The van der Waals surface area contributed by atoms with Crippen molar-refractivity contribution in [3.63, 3.8) is 0 Å². The largest absolute Gasteiger partial charge is 0.352 e. The van der Waals surface area contributed by atoms with Crippen LogP contribution in [0.3, 0.4) is 0 Å². The topological polar surface area (TPSA) is 55.5 Å². The van der Waals surface area contributed by atoms with Crippen LogP contribution in [0.1, 0.15) is 24.5 Å². The van der Waals surface area contributed by atoms with E-state index in [1.807, 2.05) is 12.1 Å². The quantitative estimate of drug-likeness (QED) is 0.545. The van der Waals surface area contributed by atoms with Gasteiger partial charge in [-0.05, 0) is 47.9 Å². The molecule has 29 heavy (non-hydrogen) atoms. The molecule has 0 saturated heterocycles. The molecule has 0 spiro atoms. The van der Waals surface area contributed by atoms with Crippen LogP contribution < -0.4 is 10.9 Å². The summed E-state index contributed by atoms with van der Waals surface area (Å²) >= 11 is 0. The number of carbonyl (C=O) groups excluding carboxylic acids is 1. The van der Waals surface area contributed by atoms with Gasteiger partial charge in [-0.3, -0.25) is 9.59 Å². The van der Waals surface area contributed by atoms with E-state index in [-0.39, 0.29) is 24.4 Å². The van der Waals surface area contributed by atoms with Gasteiger partial charge in [-0.1, -0.05) is 31.2 Å². The molecule has 0 atom stereocenters. The Morgan fingerprint density at radius 2 is 1.76 bits per heavy atom. The highest BCUT2D eigenvalue weighted by Crippen LogP contribution is 2.17. The molecule has 5 nitrogen and oxygen atoms in total. The Labute approximate surface area is 167 Å². The summed E-state index contributed by atoms with van der Waals surface area (Å²) in [6, 6.07) is 16.0. The summed E-state index contributed by atoms with van der Waals surface area (Å²) in [6.45, 7) is 2.71. The third-order valence-electron chi connectivity index (χ3n) is 5.18. The third kappa shape index (κ3) is 3.78. The lowest BCUT2D eigenvalue weighted by Crippen LogP contribution is -2.28. The minimum absolute atomic E-state index is 0.134. The normalized spacial score (nSPS) is 11.2. The number of nitrogens with one attached hydrogen (secondary N) is 1. The van der Waals surface area contributed by atoms with Gasteiger partial charge in [-0.25, -0.2) is 4.39 Å². The molecule has 0 saturated carbocycles. The molecule has 0 fully saturated rings. The number of aryl methyl sites for hydroxylation is 2. The first-order valence-electron chi connectivity index (χ1n) is 9.70. The summed E-state index contributed by atoms with van der Waals surface area (Å²) in [5, 5.41) is 2.88. The van der Waals surface area contributed by atoms with E-state index in [0.29, 0.717) is 17.6 Å². The Hall–Kier alpha value is -3.41. The first-order chi connectivity index (χ1) is 14.1. The molecule has 6 heteroatoms. The predicted octanol–water partition coefficient (Wildman–Crippen LogP) is 3.66. The number of hydrogen-bond donors (Lipinski definition) is 1. The summed E-state index contributed by atoms with van der Waals surface area (Å²) in [7, 11) is 0. The first kappa shape index (κ1) is 18.9. The first-order valence-corrected chi connectivity index (χ1v) is 9.70. The van der Waals surface area contributed by atoms with Gasteiger partial charge in [-0.15, -0.1) is 0 Å². The molecular weight excluding hydrogens is 369 g/mol. The Bertz CT molecular complexity index is 1240. The summed E-state index contributed by atoms with van der Waals surface area (Å²) in [5.74, 6) is -0.576. The van der Waals surface area contributed by atoms with E-state index in [2.05, 4.69) is 24.4 Å². The molecule has 2 aromatic heterocycles. The van der Waals surface area contributed by atoms with Gasteiger partial charge in [0, 0.05) is 25.7 Å². The molecular formula is C23H22FN3O2. The molecule has 0 unspecified atom stereocenters. The fourth-order valence-corrected chi connectivity index (χ4v) is 3.55. The van der Waals surface area contributed by atoms with Gasteiger partial charge >= 0.3 is 0 Å². The highest BCUT2D eigenvalue weighted by Gasteiger charge is 2.12. The van der Waals surface area contributed by atoms with Crippen LogP contribution in [0.5, 0.6) is 0 Å². The number of benzene rings is 2. The fourth-order valence-electron chi connectivity index (χ4n) is 3.55. The van der Waals surface area contributed by atoms with Crippen LogP contribution in [0.4, 0.5) is 4.39 Å². The van der Waals surface area contributed by atoms with Gasteiger partial charge in [0.05, 0.1) is 11.0 Å². The minimum Gasteiger partial charge on any atom is -0.352 e. The molecule has 0 aliphatic rings. The van der Waals surface area contributed by atoms with Crippen molar-refractivity contribution in [3.05, 3.63) is 88.1 Å². The van der Waals surface area contributed by atoms with Crippen molar-refractivity contribution in [2.24, 2.45) is 0 Å². The molecule has 4 aromatic rings. The predicted molar refractivity (Wildman–Crippen MR) is 111 cm³/mol. The van der Waals surface area contributed by atoms with Crippen molar-refractivity contribution in [2.75, 3.05) is 0 Å². The molecule has 148 valence electrons. The summed E-state index contributed by atoms with van der Waals surface area (Å²) < 4.78 is 17.1. The average molecular weight is 391 g/mol. The minimum atomic E-state index is -0.419. The molecule has 1 amide bonds. The van der Waals surface area contributed by atoms with Crippen LogP contribution in [0.25, 0.3) is 16.6 Å². The lowest BCUT2D eigenvalue weighted by Gasteiger charge is -2.13. The van der Waals surface area contributed by atoms with Crippen LogP contribution >= 0.6 is 0 Å². The lowest BCUT2D eigenvalue weighted by atomic mass is 10.1. The van der Waals surface area contributed by atoms with Crippen molar-refractivity contribution in [2.45, 2.75) is 32.9 Å². The molecule has 2 aromatic carbocycles. The number of aromatic nitrogens is 2. The second kappa shape index (κ2) is 7.91. The van der Waals surface area contributed by atoms with E-state index >= 15 is 0 Å². The van der Waals surface area contributed by atoms with Crippen LogP contribution in [0.2, 0.25) is 0 Å². The van der Waals surface area contributed by atoms with Gasteiger partial charge in [0.1, 0.15) is 11.3 Å². The Balaban J connectivity index is 1.52. The number of amides is 1. The molecule has 0 aliphatic heterocycles. The zero-order chi connectivity index (χ0) is 20.4. The number of fused-ring (bicyclic) bond motifs is 3. The van der Waals surface area contributed by atoms with Crippen molar-refractivity contribution in [3.8, 4) is 0 Å². The van der Waals surface area contributed by atoms with Gasteiger partial charge in [0.2, 0.25) is 5.91 Å². The highest BCUT2D eigenvalue weighted by atomic mass is 19.1. The van der Waals surface area contributed by atoms with Crippen LogP contribution in [-0.2, 0) is 24.3 Å². The van der Waals surface area contributed by atoms with E-state index in [0.717, 1.165) is 17.5 Å². The Morgan fingerprint density at radius 3 is 2.52 bits per heavy atom. The molecule has 0 bridgehead atoms. The summed E-state index contributed by atoms with van der Waals surface area (Å²) in [4.78, 5) is 25.2. The zero-order valence-corrected chi connectivity index (χ0v) is 16.2. The van der Waals surface area contributed by atoms with Crippen molar-refractivity contribution in [1.29, 1.82) is 0 Å². The van der Waals surface area contributed by atoms with Gasteiger partial charge < -0.3 is 14.3 Å². The maximum atomic E-state index is 13.8. The lowest BCUT2D eigenvalue weighted by molar-refractivity contribution is -0.121. The number of hydrogen-bond acceptors (Lipinski definition) is 2. The van der Waals surface area contributed by atoms with Gasteiger partial charge in [0.25, 0.3) is 5.56 Å². The average Bonchev–Trinajstić information content (AvgIpc) is 3.22. The molecule has 0 radical (unpaired) electrons. The van der Waals surface area contributed by atoms with E-state index in [1.54, 1.807) is 28.8 Å². The second-order valence-corrected chi connectivity index (χ2v) is 7.05. The number of halogens is 1. The van der Waals surface area contributed by atoms with E-state index in [9.17, 15) is 14.0 Å². The Morgan fingerprint density at radius 1 is 1.00 bits per heavy atom. The van der Waals surface area contributed by atoms with Gasteiger partial charge in [0.15, 0.2) is 0 Å². The third-order valence-corrected chi connectivity index (χ3v) is 5.18. The molecule has 0 aliphatic carbocycles. The summed E-state index contributed by atoms with van der Waals surface area (Å²) in [6.07, 6.45) is 2.88. The van der Waals surface area contributed by atoms with E-state index in [4.69, 9.17) is 0 Å². The van der Waals surface area contributed by atoms with Gasteiger partial charge in [-0.2, -0.15) is 0 Å². The van der Waals surface area contributed by atoms with Crippen LogP contribution in [0.15, 0.2) is 65.6 Å². The maximum absolute atomic E-state index is 13.8. The molecule has 1 N–H and O–H groups in total. The van der Waals surface area contributed by atoms with Crippen molar-refractivity contribution in [1.82, 2.24) is 14.3 Å². The van der Waals surface area contributed by atoms with Crippen molar-refractivity contribution < 1.29 is 9.18 Å². The summed E-state index contributed by atoms with van der Waals surface area (Å²) in [5.41, 5.74) is 3.73. The number of rotatable bonds is 6. The monoisotopic (exact) mass is 391 g/mol. The smallest absolute Gasteiger partial charge is 0.275 e. The van der Waals surface area contributed by atoms with E-state index in [1.165, 1.54) is 22.3 Å². The molecule has 2 heterocycles. The second-order valence-electron chi connectivity index (χ2n) is 7.05. The number of nitrogens with zero attached hydrogens (tertiary/aromatic N) is 2. The maximum Gasteiger partial charge on any atom is 0.275 e. The van der Waals surface area contributed by atoms with E-state index < -0.39 is 5.82 Å². The van der Waals surface area contributed by atoms with Crippen molar-refractivity contribution >= 4 is 22.5 Å². The standard InChI is InChI=1S/C23H22FN3O2/c1-2-16-5-7-17(8-6-16)15-25-22(28)11-13-27-21-14-18(24)9-10-19(21)26-12-3-4-20(26)23(27)29/h3-10,12,14H,2,11,13,15H2,1H3,(H,25,28). The SMILES string of the molecule is CCc1ccc(CNC(=O)CCn2c(=O)c3cccn3c3ccc(F)cc32)cc1.